The molecule has 0 bridgehead atoms. The SMILES string of the molecule is O=C(NCc1ccc(Cl)cc1)C(=O)Nc1ccccc1. The minimum Gasteiger partial charge on any atom is -0.344 e. The second kappa shape index (κ2) is 6.73. The molecule has 5 heteroatoms. The van der Waals surface area contributed by atoms with Crippen LogP contribution in [-0.4, -0.2) is 11.8 Å². The minimum absolute atomic E-state index is 0.276. The third kappa shape index (κ3) is 4.10. The number of para-hydroxylation sites is 1. The van der Waals surface area contributed by atoms with Crippen LogP contribution >= 0.6 is 11.6 Å². The molecule has 0 unspecified atom stereocenters. The zero-order chi connectivity index (χ0) is 14.4. The Hall–Kier alpha value is -2.33. The van der Waals surface area contributed by atoms with Crippen LogP contribution in [0, 0.1) is 0 Å². The highest BCUT2D eigenvalue weighted by molar-refractivity contribution is 6.39. The van der Waals surface area contributed by atoms with Gasteiger partial charge in [-0.2, -0.15) is 0 Å². The van der Waals surface area contributed by atoms with E-state index in [0.717, 1.165) is 5.56 Å². The van der Waals surface area contributed by atoms with Gasteiger partial charge in [-0.1, -0.05) is 41.9 Å². The fourth-order valence-electron chi connectivity index (χ4n) is 1.57. The van der Waals surface area contributed by atoms with Crippen LogP contribution in [0.25, 0.3) is 0 Å². The number of amides is 2. The quantitative estimate of drug-likeness (QED) is 0.853. The van der Waals surface area contributed by atoms with E-state index in [1.165, 1.54) is 0 Å². The molecule has 102 valence electrons. The Bertz CT molecular complexity index is 597. The fourth-order valence-corrected chi connectivity index (χ4v) is 1.70. The predicted molar refractivity (Wildman–Crippen MR) is 78.4 cm³/mol. The molecule has 0 heterocycles. The summed E-state index contributed by atoms with van der Waals surface area (Å²) < 4.78 is 0. The van der Waals surface area contributed by atoms with Gasteiger partial charge in [-0.25, -0.2) is 0 Å². The van der Waals surface area contributed by atoms with Crippen molar-refractivity contribution in [3.05, 3.63) is 65.2 Å². The van der Waals surface area contributed by atoms with Crippen molar-refractivity contribution in [2.75, 3.05) is 5.32 Å². The Morgan fingerprint density at radius 2 is 1.55 bits per heavy atom. The highest BCUT2D eigenvalue weighted by atomic mass is 35.5. The monoisotopic (exact) mass is 288 g/mol. The van der Waals surface area contributed by atoms with E-state index in [4.69, 9.17) is 11.6 Å². The lowest BCUT2D eigenvalue weighted by Gasteiger charge is -2.06. The molecular weight excluding hydrogens is 276 g/mol. The van der Waals surface area contributed by atoms with E-state index in [2.05, 4.69) is 10.6 Å². The highest BCUT2D eigenvalue weighted by Crippen LogP contribution is 2.09. The summed E-state index contributed by atoms with van der Waals surface area (Å²) in [5.41, 5.74) is 1.45. The van der Waals surface area contributed by atoms with Gasteiger partial charge in [0.1, 0.15) is 0 Å². The van der Waals surface area contributed by atoms with Gasteiger partial charge in [-0.15, -0.1) is 0 Å². The van der Waals surface area contributed by atoms with Gasteiger partial charge in [0.15, 0.2) is 0 Å². The summed E-state index contributed by atoms with van der Waals surface area (Å²) in [6.07, 6.45) is 0. The van der Waals surface area contributed by atoms with Crippen LogP contribution in [0.15, 0.2) is 54.6 Å². The van der Waals surface area contributed by atoms with Crippen molar-refractivity contribution in [1.29, 1.82) is 0 Å². The highest BCUT2D eigenvalue weighted by Gasteiger charge is 2.12. The molecule has 0 atom stereocenters. The molecule has 2 aromatic carbocycles. The summed E-state index contributed by atoms with van der Waals surface area (Å²) in [4.78, 5) is 23.3. The maximum absolute atomic E-state index is 11.6. The maximum atomic E-state index is 11.6. The van der Waals surface area contributed by atoms with Crippen LogP contribution < -0.4 is 10.6 Å². The Labute approximate surface area is 121 Å². The number of benzene rings is 2. The molecule has 0 aliphatic heterocycles. The lowest BCUT2D eigenvalue weighted by Crippen LogP contribution is -2.34. The second-order valence-corrected chi connectivity index (χ2v) is 4.57. The zero-order valence-corrected chi connectivity index (χ0v) is 11.4. The third-order valence-corrected chi connectivity index (χ3v) is 2.86. The summed E-state index contributed by atoms with van der Waals surface area (Å²) in [6.45, 7) is 0.276. The molecule has 0 fully saturated rings. The topological polar surface area (TPSA) is 58.2 Å². The van der Waals surface area contributed by atoms with Gasteiger partial charge in [0.05, 0.1) is 0 Å². The first-order valence-corrected chi connectivity index (χ1v) is 6.41. The minimum atomic E-state index is -0.690. The zero-order valence-electron chi connectivity index (χ0n) is 10.6. The summed E-state index contributed by atoms with van der Waals surface area (Å²) in [7, 11) is 0. The lowest BCUT2D eigenvalue weighted by molar-refractivity contribution is -0.136. The van der Waals surface area contributed by atoms with Crippen LogP contribution in [0.1, 0.15) is 5.56 Å². The third-order valence-electron chi connectivity index (χ3n) is 2.60. The largest absolute Gasteiger partial charge is 0.344 e. The summed E-state index contributed by atoms with van der Waals surface area (Å²) in [5, 5.41) is 5.69. The van der Waals surface area contributed by atoms with Gasteiger partial charge < -0.3 is 10.6 Å². The molecule has 2 amide bonds. The van der Waals surface area contributed by atoms with E-state index < -0.39 is 11.8 Å². The van der Waals surface area contributed by atoms with Crippen LogP contribution in [0.5, 0.6) is 0 Å². The van der Waals surface area contributed by atoms with E-state index in [0.29, 0.717) is 10.7 Å². The van der Waals surface area contributed by atoms with Gasteiger partial charge >= 0.3 is 11.8 Å². The van der Waals surface area contributed by atoms with Crippen molar-refractivity contribution in [3.63, 3.8) is 0 Å². The first kappa shape index (κ1) is 14.1. The predicted octanol–water partition coefficient (Wildman–Crippen LogP) is 2.59. The van der Waals surface area contributed by atoms with Gasteiger partial charge in [0.25, 0.3) is 0 Å². The van der Waals surface area contributed by atoms with Crippen molar-refractivity contribution in [1.82, 2.24) is 5.32 Å². The van der Waals surface area contributed by atoms with E-state index in [-0.39, 0.29) is 6.54 Å². The Kier molecular flexibility index (Phi) is 4.74. The van der Waals surface area contributed by atoms with Crippen molar-refractivity contribution >= 4 is 29.1 Å². The molecular formula is C15H13ClN2O2. The van der Waals surface area contributed by atoms with Gasteiger partial charge in [-0.05, 0) is 29.8 Å². The van der Waals surface area contributed by atoms with Crippen molar-refractivity contribution in [2.45, 2.75) is 6.54 Å². The number of carbonyl (C=O) groups is 2. The fraction of sp³-hybridized carbons (Fsp3) is 0.0667. The summed E-state index contributed by atoms with van der Waals surface area (Å²) in [6, 6.07) is 15.9. The van der Waals surface area contributed by atoms with Crippen LogP contribution in [0.2, 0.25) is 5.02 Å². The number of anilines is 1. The number of halogens is 1. The van der Waals surface area contributed by atoms with Gasteiger partial charge in [0.2, 0.25) is 0 Å². The van der Waals surface area contributed by atoms with Crippen LogP contribution in [0.3, 0.4) is 0 Å². The number of nitrogens with one attached hydrogen (secondary N) is 2. The summed E-state index contributed by atoms with van der Waals surface area (Å²) in [5.74, 6) is -1.37. The van der Waals surface area contributed by atoms with Crippen molar-refractivity contribution in [2.24, 2.45) is 0 Å². The average molecular weight is 289 g/mol. The Balaban J connectivity index is 1.85. The standard InChI is InChI=1S/C15H13ClN2O2/c16-12-8-6-11(7-9-12)10-17-14(19)15(20)18-13-4-2-1-3-5-13/h1-9H,10H2,(H,17,19)(H,18,20). The number of hydrogen-bond acceptors (Lipinski definition) is 2. The number of rotatable bonds is 3. The van der Waals surface area contributed by atoms with E-state index in [9.17, 15) is 9.59 Å². The average Bonchev–Trinajstić information content (AvgIpc) is 2.47. The van der Waals surface area contributed by atoms with Gasteiger partial charge in [-0.3, -0.25) is 9.59 Å². The molecule has 0 spiro atoms. The second-order valence-electron chi connectivity index (χ2n) is 4.13. The summed E-state index contributed by atoms with van der Waals surface area (Å²) >= 11 is 5.76. The number of hydrogen-bond donors (Lipinski definition) is 2. The molecule has 20 heavy (non-hydrogen) atoms. The van der Waals surface area contributed by atoms with Crippen LogP contribution in [0.4, 0.5) is 5.69 Å². The van der Waals surface area contributed by atoms with Crippen LogP contribution in [-0.2, 0) is 16.1 Å². The molecule has 0 aromatic heterocycles. The van der Waals surface area contributed by atoms with E-state index >= 15 is 0 Å². The maximum Gasteiger partial charge on any atom is 0.313 e. The first-order chi connectivity index (χ1) is 9.65. The van der Waals surface area contributed by atoms with E-state index in [1.54, 1.807) is 48.5 Å². The van der Waals surface area contributed by atoms with E-state index in [1.807, 2.05) is 6.07 Å². The van der Waals surface area contributed by atoms with Crippen molar-refractivity contribution in [3.8, 4) is 0 Å². The molecule has 2 rings (SSSR count). The molecule has 0 aliphatic rings. The van der Waals surface area contributed by atoms with Crippen molar-refractivity contribution < 1.29 is 9.59 Å². The molecule has 2 N–H and O–H groups in total. The first-order valence-electron chi connectivity index (χ1n) is 6.04. The number of carbonyl (C=O) groups excluding carboxylic acids is 2. The molecule has 0 aliphatic carbocycles. The molecule has 0 saturated carbocycles. The smallest absolute Gasteiger partial charge is 0.313 e. The lowest BCUT2D eigenvalue weighted by atomic mass is 10.2. The normalized spacial score (nSPS) is 9.85. The Morgan fingerprint density at radius 1 is 0.900 bits per heavy atom. The molecule has 0 radical (unpaired) electrons. The molecule has 4 nitrogen and oxygen atoms in total. The van der Waals surface area contributed by atoms with Gasteiger partial charge in [0, 0.05) is 17.3 Å². The Morgan fingerprint density at radius 3 is 2.20 bits per heavy atom. The molecule has 0 saturated heterocycles. The molecule has 2 aromatic rings.